The van der Waals surface area contributed by atoms with Gasteiger partial charge in [0.15, 0.2) is 0 Å². The molecule has 0 saturated heterocycles. The van der Waals surface area contributed by atoms with Crippen molar-refractivity contribution in [1.82, 2.24) is 0 Å². The number of nitrogens with two attached hydrogens (primary N) is 1. The van der Waals surface area contributed by atoms with Gasteiger partial charge in [-0.1, -0.05) is 31.9 Å². The Morgan fingerprint density at radius 1 is 1.47 bits per heavy atom. The second-order valence-electron chi connectivity index (χ2n) is 5.41. The first-order valence-corrected chi connectivity index (χ1v) is 6.81. The van der Waals surface area contributed by atoms with E-state index in [9.17, 15) is 10.1 Å². The molecule has 2 unspecified atom stereocenters. The van der Waals surface area contributed by atoms with Crippen LogP contribution in [0.3, 0.4) is 0 Å². The zero-order valence-corrected chi connectivity index (χ0v) is 11.3. The van der Waals surface area contributed by atoms with Crippen LogP contribution in [0, 0.1) is 16.0 Å². The van der Waals surface area contributed by atoms with Crippen molar-refractivity contribution in [1.29, 1.82) is 0 Å². The number of hydrogen-bond donors (Lipinski definition) is 2. The van der Waals surface area contributed by atoms with Gasteiger partial charge in [-0.3, -0.25) is 10.1 Å². The topological polar surface area (TPSA) is 81.2 Å². The highest BCUT2D eigenvalue weighted by Gasteiger charge is 2.38. The van der Waals surface area contributed by atoms with Crippen molar-refractivity contribution >= 4 is 11.4 Å². The molecule has 5 heteroatoms. The summed E-state index contributed by atoms with van der Waals surface area (Å²) in [5.74, 6) is 0.422. The molecule has 2 rings (SSSR count). The van der Waals surface area contributed by atoms with E-state index >= 15 is 0 Å². The van der Waals surface area contributed by atoms with Crippen LogP contribution in [0.25, 0.3) is 0 Å². The molecule has 19 heavy (non-hydrogen) atoms. The van der Waals surface area contributed by atoms with Gasteiger partial charge in [0.2, 0.25) is 0 Å². The highest BCUT2D eigenvalue weighted by Crippen LogP contribution is 2.37. The van der Waals surface area contributed by atoms with Gasteiger partial charge in [-0.05, 0) is 24.8 Å². The van der Waals surface area contributed by atoms with Gasteiger partial charge in [0.1, 0.15) is 5.69 Å². The van der Waals surface area contributed by atoms with Crippen LogP contribution in [0.2, 0.25) is 0 Å². The number of para-hydroxylation sites is 2. The first-order valence-electron chi connectivity index (χ1n) is 6.81. The van der Waals surface area contributed by atoms with Crippen molar-refractivity contribution in [3.05, 3.63) is 34.4 Å². The Morgan fingerprint density at radius 3 is 2.84 bits per heavy atom. The van der Waals surface area contributed by atoms with Gasteiger partial charge < -0.3 is 11.1 Å². The summed E-state index contributed by atoms with van der Waals surface area (Å²) in [5.41, 5.74) is 6.45. The van der Waals surface area contributed by atoms with E-state index in [4.69, 9.17) is 5.73 Å². The summed E-state index contributed by atoms with van der Waals surface area (Å²) >= 11 is 0. The third-order valence-electron chi connectivity index (χ3n) is 4.30. The minimum absolute atomic E-state index is 0.119. The maximum Gasteiger partial charge on any atom is 0.292 e. The van der Waals surface area contributed by atoms with Crippen LogP contribution in [0.5, 0.6) is 0 Å². The van der Waals surface area contributed by atoms with E-state index in [0.29, 0.717) is 18.2 Å². The fraction of sp³-hybridized carbons (Fsp3) is 0.571. The van der Waals surface area contributed by atoms with Crippen LogP contribution in [-0.2, 0) is 0 Å². The Hall–Kier alpha value is -1.62. The molecule has 3 N–H and O–H groups in total. The van der Waals surface area contributed by atoms with E-state index in [-0.39, 0.29) is 16.1 Å². The fourth-order valence-electron chi connectivity index (χ4n) is 2.96. The maximum absolute atomic E-state index is 11.1. The standard InChI is InChI=1S/C14H21N3O2/c1-11-6-4-5-9-14(11,10-15)16-12-7-2-3-8-13(12)17(18)19/h2-3,7-8,11,16H,4-6,9-10,15H2,1H3. The monoisotopic (exact) mass is 263 g/mol. The van der Waals surface area contributed by atoms with E-state index in [2.05, 4.69) is 12.2 Å². The number of nitro benzene ring substituents is 1. The highest BCUT2D eigenvalue weighted by atomic mass is 16.6. The van der Waals surface area contributed by atoms with E-state index < -0.39 is 0 Å². The van der Waals surface area contributed by atoms with Gasteiger partial charge in [-0.15, -0.1) is 0 Å². The van der Waals surface area contributed by atoms with E-state index in [1.165, 1.54) is 12.5 Å². The first-order chi connectivity index (χ1) is 9.09. The average molecular weight is 263 g/mol. The van der Waals surface area contributed by atoms with E-state index in [0.717, 1.165) is 19.3 Å². The predicted octanol–water partition coefficient (Wildman–Crippen LogP) is 2.91. The molecule has 5 nitrogen and oxygen atoms in total. The SMILES string of the molecule is CC1CCCCC1(CN)Nc1ccccc1[N+](=O)[O-]. The molecule has 1 aromatic carbocycles. The minimum atomic E-state index is -0.347. The Labute approximate surface area is 113 Å². The quantitative estimate of drug-likeness (QED) is 0.646. The molecule has 0 aromatic heterocycles. The molecule has 1 aliphatic rings. The zero-order valence-electron chi connectivity index (χ0n) is 11.3. The van der Waals surface area contributed by atoms with Crippen molar-refractivity contribution in [3.63, 3.8) is 0 Å². The van der Waals surface area contributed by atoms with Gasteiger partial charge in [0.05, 0.1) is 10.5 Å². The second-order valence-corrected chi connectivity index (χ2v) is 5.41. The van der Waals surface area contributed by atoms with Crippen LogP contribution in [-0.4, -0.2) is 17.0 Å². The molecule has 104 valence electrons. The Balaban J connectivity index is 2.30. The van der Waals surface area contributed by atoms with Gasteiger partial charge in [0, 0.05) is 12.6 Å². The fourth-order valence-corrected chi connectivity index (χ4v) is 2.96. The molecule has 2 atom stereocenters. The van der Waals surface area contributed by atoms with Gasteiger partial charge in [-0.2, -0.15) is 0 Å². The lowest BCUT2D eigenvalue weighted by Gasteiger charge is -2.43. The van der Waals surface area contributed by atoms with Crippen molar-refractivity contribution < 1.29 is 4.92 Å². The Kier molecular flexibility index (Phi) is 4.04. The number of hydrogen-bond acceptors (Lipinski definition) is 4. The summed E-state index contributed by atoms with van der Waals surface area (Å²) in [4.78, 5) is 10.7. The van der Waals surface area contributed by atoms with Gasteiger partial charge in [0.25, 0.3) is 5.69 Å². The molecule has 0 amide bonds. The molecule has 1 aromatic rings. The maximum atomic E-state index is 11.1. The third-order valence-corrected chi connectivity index (χ3v) is 4.30. The molecule has 1 fully saturated rings. The van der Waals surface area contributed by atoms with Crippen molar-refractivity contribution in [2.24, 2.45) is 11.7 Å². The predicted molar refractivity (Wildman–Crippen MR) is 76.1 cm³/mol. The molecule has 0 radical (unpaired) electrons. The van der Waals surface area contributed by atoms with Crippen molar-refractivity contribution in [3.8, 4) is 0 Å². The molecule has 0 aliphatic heterocycles. The lowest BCUT2D eigenvalue weighted by molar-refractivity contribution is -0.384. The number of nitro groups is 1. The molecule has 1 aliphatic carbocycles. The minimum Gasteiger partial charge on any atom is -0.373 e. The van der Waals surface area contributed by atoms with E-state index in [1.807, 2.05) is 6.07 Å². The van der Waals surface area contributed by atoms with Crippen LogP contribution in [0.1, 0.15) is 32.6 Å². The Bertz CT molecular complexity index is 464. The highest BCUT2D eigenvalue weighted by molar-refractivity contribution is 5.62. The summed E-state index contributed by atoms with van der Waals surface area (Å²) in [6.45, 7) is 2.67. The summed E-state index contributed by atoms with van der Waals surface area (Å²) in [7, 11) is 0. The van der Waals surface area contributed by atoms with Crippen molar-refractivity contribution in [2.45, 2.75) is 38.1 Å². The number of anilines is 1. The number of nitrogens with one attached hydrogen (secondary N) is 1. The zero-order chi connectivity index (χ0) is 13.9. The van der Waals surface area contributed by atoms with Gasteiger partial charge in [-0.25, -0.2) is 0 Å². The lowest BCUT2D eigenvalue weighted by Crippen LogP contribution is -2.52. The van der Waals surface area contributed by atoms with Gasteiger partial charge >= 0.3 is 0 Å². The normalized spacial score (nSPS) is 26.9. The van der Waals surface area contributed by atoms with Crippen LogP contribution in [0.4, 0.5) is 11.4 Å². The Morgan fingerprint density at radius 2 is 2.21 bits per heavy atom. The summed E-state index contributed by atoms with van der Waals surface area (Å²) in [5, 5.41) is 14.4. The third kappa shape index (κ3) is 2.71. The van der Waals surface area contributed by atoms with E-state index in [1.54, 1.807) is 12.1 Å². The molecule has 0 bridgehead atoms. The summed E-state index contributed by atoms with van der Waals surface area (Å²) < 4.78 is 0. The van der Waals surface area contributed by atoms with Crippen molar-refractivity contribution in [2.75, 3.05) is 11.9 Å². The molecular weight excluding hydrogens is 242 g/mol. The van der Waals surface area contributed by atoms with Crippen LogP contribution < -0.4 is 11.1 Å². The molecule has 0 heterocycles. The number of benzene rings is 1. The number of rotatable bonds is 4. The summed E-state index contributed by atoms with van der Waals surface area (Å²) in [6.07, 6.45) is 4.41. The molecule has 0 spiro atoms. The lowest BCUT2D eigenvalue weighted by atomic mass is 9.73. The molecule has 1 saturated carbocycles. The van der Waals surface area contributed by atoms with Crippen LogP contribution in [0.15, 0.2) is 24.3 Å². The van der Waals surface area contributed by atoms with Crippen LogP contribution >= 0.6 is 0 Å². The second kappa shape index (κ2) is 5.57. The largest absolute Gasteiger partial charge is 0.373 e. The molecular formula is C14H21N3O2. The average Bonchev–Trinajstić information content (AvgIpc) is 2.42. The number of nitrogens with zero attached hydrogens (tertiary/aromatic N) is 1. The summed E-state index contributed by atoms with van der Waals surface area (Å²) in [6, 6.07) is 6.78. The first kappa shape index (κ1) is 13.8. The smallest absolute Gasteiger partial charge is 0.292 e.